The largest absolute Gasteiger partial charge is 0.472 e. The molecule has 108 valence electrons. The van der Waals surface area contributed by atoms with Crippen LogP contribution in [0.1, 0.15) is 39.0 Å². The molecule has 2 aromatic heterocycles. The van der Waals surface area contributed by atoms with E-state index in [1.807, 2.05) is 6.07 Å². The van der Waals surface area contributed by atoms with Gasteiger partial charge in [0.1, 0.15) is 6.26 Å². The van der Waals surface area contributed by atoms with Crippen LogP contribution in [0.5, 0.6) is 0 Å². The Hall–Kier alpha value is -1.62. The number of furan rings is 1. The number of rotatable bonds is 6. The third-order valence-electron chi connectivity index (χ3n) is 4.03. The molecule has 5 heteroatoms. The summed E-state index contributed by atoms with van der Waals surface area (Å²) in [5.41, 5.74) is 0.857. The Balaban J connectivity index is 1.65. The lowest BCUT2D eigenvalue weighted by atomic mass is 9.85. The zero-order valence-corrected chi connectivity index (χ0v) is 12.1. The second kappa shape index (κ2) is 5.79. The van der Waals surface area contributed by atoms with Crippen LogP contribution >= 0.6 is 0 Å². The molecule has 5 nitrogen and oxygen atoms in total. The molecule has 0 saturated heterocycles. The molecule has 0 N–H and O–H groups in total. The van der Waals surface area contributed by atoms with Crippen LogP contribution in [0, 0.1) is 5.92 Å². The summed E-state index contributed by atoms with van der Waals surface area (Å²) < 4.78 is 10.4. The molecule has 0 bridgehead atoms. The first-order valence-corrected chi connectivity index (χ1v) is 7.31. The molecule has 2 aromatic rings. The maximum Gasteiger partial charge on any atom is 0.241 e. The van der Waals surface area contributed by atoms with Crippen molar-refractivity contribution in [1.29, 1.82) is 0 Å². The van der Waals surface area contributed by atoms with Gasteiger partial charge in [0.25, 0.3) is 0 Å². The molecule has 1 aliphatic carbocycles. The van der Waals surface area contributed by atoms with Gasteiger partial charge >= 0.3 is 0 Å². The van der Waals surface area contributed by atoms with Gasteiger partial charge in [0, 0.05) is 12.6 Å². The van der Waals surface area contributed by atoms with Gasteiger partial charge in [-0.15, -0.1) is 0 Å². The van der Waals surface area contributed by atoms with Gasteiger partial charge in [0.15, 0.2) is 0 Å². The highest BCUT2D eigenvalue weighted by Crippen LogP contribution is 2.28. The zero-order valence-electron chi connectivity index (χ0n) is 12.1. The minimum Gasteiger partial charge on any atom is -0.472 e. The van der Waals surface area contributed by atoms with E-state index in [1.54, 1.807) is 12.5 Å². The first kappa shape index (κ1) is 13.4. The van der Waals surface area contributed by atoms with Gasteiger partial charge in [0.2, 0.25) is 11.7 Å². The van der Waals surface area contributed by atoms with E-state index in [1.165, 1.54) is 19.3 Å². The molecular formula is C15H21N3O2. The summed E-state index contributed by atoms with van der Waals surface area (Å²) in [6, 6.07) is 2.32. The summed E-state index contributed by atoms with van der Waals surface area (Å²) in [7, 11) is 0. The van der Waals surface area contributed by atoms with Crippen LogP contribution in [0.25, 0.3) is 11.4 Å². The average Bonchev–Trinajstić information content (AvgIpc) is 3.02. The highest BCUT2D eigenvalue weighted by molar-refractivity contribution is 5.51. The van der Waals surface area contributed by atoms with Crippen molar-refractivity contribution in [3.8, 4) is 11.4 Å². The standard InChI is InChI=1S/C15H21N3O2/c1-11(2)18(8-12-4-3-5-12)9-14-16-15(17-20-14)13-6-7-19-10-13/h6-7,10-12H,3-5,8-9H2,1-2H3. The van der Waals surface area contributed by atoms with Gasteiger partial charge in [0.05, 0.1) is 18.4 Å². The molecule has 2 heterocycles. The van der Waals surface area contributed by atoms with E-state index in [0.29, 0.717) is 17.8 Å². The molecular weight excluding hydrogens is 254 g/mol. The molecule has 1 fully saturated rings. The Kier molecular flexibility index (Phi) is 3.87. The smallest absolute Gasteiger partial charge is 0.241 e. The predicted molar refractivity (Wildman–Crippen MR) is 74.9 cm³/mol. The number of nitrogens with zero attached hydrogens (tertiary/aromatic N) is 3. The van der Waals surface area contributed by atoms with Crippen molar-refractivity contribution in [2.45, 2.75) is 45.7 Å². The van der Waals surface area contributed by atoms with E-state index in [2.05, 4.69) is 28.9 Å². The minimum absolute atomic E-state index is 0.486. The van der Waals surface area contributed by atoms with Crippen molar-refractivity contribution in [3.63, 3.8) is 0 Å². The summed E-state index contributed by atoms with van der Waals surface area (Å²) in [6.07, 6.45) is 7.33. The van der Waals surface area contributed by atoms with E-state index < -0.39 is 0 Å². The first-order valence-electron chi connectivity index (χ1n) is 7.31. The summed E-state index contributed by atoms with van der Waals surface area (Å²) in [5.74, 6) is 2.11. The molecule has 0 spiro atoms. The van der Waals surface area contributed by atoms with Crippen LogP contribution in [0.3, 0.4) is 0 Å². The van der Waals surface area contributed by atoms with E-state index >= 15 is 0 Å². The Labute approximate surface area is 119 Å². The summed E-state index contributed by atoms with van der Waals surface area (Å²) in [5, 5.41) is 4.01. The Morgan fingerprint density at radius 3 is 2.85 bits per heavy atom. The molecule has 3 rings (SSSR count). The molecule has 0 aliphatic heterocycles. The molecule has 0 atom stereocenters. The zero-order chi connectivity index (χ0) is 13.9. The third kappa shape index (κ3) is 2.93. The number of hydrogen-bond acceptors (Lipinski definition) is 5. The SMILES string of the molecule is CC(C)N(Cc1nc(-c2ccoc2)no1)CC1CCC1. The number of aromatic nitrogens is 2. The van der Waals surface area contributed by atoms with E-state index in [9.17, 15) is 0 Å². The fourth-order valence-corrected chi connectivity index (χ4v) is 2.47. The Morgan fingerprint density at radius 1 is 1.40 bits per heavy atom. The fourth-order valence-electron chi connectivity index (χ4n) is 2.47. The van der Waals surface area contributed by atoms with Crippen molar-refractivity contribution in [2.75, 3.05) is 6.54 Å². The molecule has 0 unspecified atom stereocenters. The van der Waals surface area contributed by atoms with E-state index in [0.717, 1.165) is 24.6 Å². The fraction of sp³-hybridized carbons (Fsp3) is 0.600. The second-order valence-corrected chi connectivity index (χ2v) is 5.84. The maximum atomic E-state index is 5.36. The summed E-state index contributed by atoms with van der Waals surface area (Å²) in [6.45, 7) is 6.28. The number of hydrogen-bond donors (Lipinski definition) is 0. The van der Waals surface area contributed by atoms with Crippen LogP contribution in [0.15, 0.2) is 27.5 Å². The van der Waals surface area contributed by atoms with E-state index in [4.69, 9.17) is 8.94 Å². The Morgan fingerprint density at radius 2 is 2.25 bits per heavy atom. The van der Waals surface area contributed by atoms with Crippen molar-refractivity contribution in [1.82, 2.24) is 15.0 Å². The van der Waals surface area contributed by atoms with Gasteiger partial charge in [-0.2, -0.15) is 4.98 Å². The van der Waals surface area contributed by atoms with Gasteiger partial charge in [-0.25, -0.2) is 0 Å². The van der Waals surface area contributed by atoms with Gasteiger partial charge in [-0.05, 0) is 38.7 Å². The molecule has 0 aromatic carbocycles. The van der Waals surface area contributed by atoms with Crippen LogP contribution in [-0.2, 0) is 6.54 Å². The average molecular weight is 275 g/mol. The predicted octanol–water partition coefficient (Wildman–Crippen LogP) is 3.34. The van der Waals surface area contributed by atoms with Gasteiger partial charge in [-0.3, -0.25) is 4.90 Å². The van der Waals surface area contributed by atoms with Crippen LogP contribution in [0.4, 0.5) is 0 Å². The van der Waals surface area contributed by atoms with Crippen molar-refractivity contribution in [3.05, 3.63) is 24.5 Å². The molecule has 0 amide bonds. The minimum atomic E-state index is 0.486. The van der Waals surface area contributed by atoms with Gasteiger partial charge in [-0.1, -0.05) is 11.6 Å². The van der Waals surface area contributed by atoms with Crippen molar-refractivity contribution in [2.24, 2.45) is 5.92 Å². The van der Waals surface area contributed by atoms with Crippen molar-refractivity contribution >= 4 is 0 Å². The monoisotopic (exact) mass is 275 g/mol. The summed E-state index contributed by atoms with van der Waals surface area (Å²) in [4.78, 5) is 6.86. The molecule has 1 aliphatic rings. The van der Waals surface area contributed by atoms with Crippen LogP contribution in [0.2, 0.25) is 0 Å². The lowest BCUT2D eigenvalue weighted by molar-refractivity contribution is 0.126. The highest BCUT2D eigenvalue weighted by atomic mass is 16.5. The molecule has 20 heavy (non-hydrogen) atoms. The maximum absolute atomic E-state index is 5.36. The lowest BCUT2D eigenvalue weighted by Gasteiger charge is -2.33. The first-order chi connectivity index (χ1) is 9.72. The quantitative estimate of drug-likeness (QED) is 0.809. The lowest BCUT2D eigenvalue weighted by Crippen LogP contribution is -2.37. The van der Waals surface area contributed by atoms with Crippen molar-refractivity contribution < 1.29 is 8.94 Å². The molecule has 0 radical (unpaired) electrons. The highest BCUT2D eigenvalue weighted by Gasteiger charge is 2.23. The topological polar surface area (TPSA) is 55.3 Å². The normalized spacial score (nSPS) is 16.0. The van der Waals surface area contributed by atoms with Crippen LogP contribution < -0.4 is 0 Å². The summed E-state index contributed by atoms with van der Waals surface area (Å²) >= 11 is 0. The molecule has 1 saturated carbocycles. The Bertz CT molecular complexity index is 529. The van der Waals surface area contributed by atoms with Crippen LogP contribution in [-0.4, -0.2) is 27.6 Å². The second-order valence-electron chi connectivity index (χ2n) is 5.84. The van der Waals surface area contributed by atoms with E-state index in [-0.39, 0.29) is 0 Å². The van der Waals surface area contributed by atoms with Gasteiger partial charge < -0.3 is 8.94 Å². The third-order valence-corrected chi connectivity index (χ3v) is 4.03.